The maximum absolute atomic E-state index is 13.2. The van der Waals surface area contributed by atoms with Crippen LogP contribution in [0.1, 0.15) is 0 Å². The Morgan fingerprint density at radius 1 is 1.15 bits per heavy atom. The highest BCUT2D eigenvalue weighted by Crippen LogP contribution is 2.22. The molecule has 20 heavy (non-hydrogen) atoms. The lowest BCUT2D eigenvalue weighted by molar-refractivity contribution is -0.200. The van der Waals surface area contributed by atoms with Crippen molar-refractivity contribution in [3.05, 3.63) is 29.6 Å². The van der Waals surface area contributed by atoms with Crippen LogP contribution in [0.3, 0.4) is 0 Å². The summed E-state index contributed by atoms with van der Waals surface area (Å²) in [5.74, 6) is -5.01. The van der Waals surface area contributed by atoms with Gasteiger partial charge in [-0.25, -0.2) is 26.3 Å². The minimum atomic E-state index is -5.11. The van der Waals surface area contributed by atoms with Gasteiger partial charge in [-0.1, -0.05) is 0 Å². The van der Waals surface area contributed by atoms with E-state index in [1.807, 2.05) is 0 Å². The summed E-state index contributed by atoms with van der Waals surface area (Å²) < 4.78 is 98.8. The van der Waals surface area contributed by atoms with Crippen LogP contribution in [0.5, 0.6) is 0 Å². The molecule has 0 bridgehead atoms. The third kappa shape index (κ3) is 3.84. The monoisotopic (exact) mass is 323 g/mol. The van der Waals surface area contributed by atoms with Crippen molar-refractivity contribution in [2.24, 2.45) is 0 Å². The molecule has 0 spiro atoms. The number of hydrogen-bond acceptors (Lipinski definition) is 3. The fraction of sp³-hybridized carbons (Fsp3) is 0.333. The maximum Gasteiger partial charge on any atom is 0.415 e. The summed E-state index contributed by atoms with van der Waals surface area (Å²) in [5, 5.41) is 8.58. The lowest BCUT2D eigenvalue weighted by Gasteiger charge is -2.15. The number of halogens is 6. The van der Waals surface area contributed by atoms with Crippen LogP contribution in [-0.4, -0.2) is 32.3 Å². The second-order valence-electron chi connectivity index (χ2n) is 3.61. The molecular weight excluding hydrogens is 316 g/mol. The molecule has 1 unspecified atom stereocenters. The Bertz CT molecular complexity index is 577. The molecule has 0 radical (unpaired) electrons. The normalized spacial score (nSPS) is 14.3. The summed E-state index contributed by atoms with van der Waals surface area (Å²) in [6.07, 6.45) is -8.16. The molecule has 114 valence electrons. The second-order valence-corrected chi connectivity index (χ2v) is 5.31. The van der Waals surface area contributed by atoms with E-state index in [9.17, 15) is 34.8 Å². The van der Waals surface area contributed by atoms with Crippen LogP contribution < -0.4 is 4.72 Å². The number of aliphatic hydroxyl groups is 1. The lowest BCUT2D eigenvalue weighted by atomic mass is 10.3. The first-order valence-electron chi connectivity index (χ1n) is 4.84. The van der Waals surface area contributed by atoms with Crippen LogP contribution in [0.15, 0.2) is 17.0 Å². The van der Waals surface area contributed by atoms with E-state index in [-0.39, 0.29) is 12.1 Å². The average Bonchev–Trinajstić information content (AvgIpc) is 2.22. The topological polar surface area (TPSA) is 66.4 Å². The van der Waals surface area contributed by atoms with Crippen LogP contribution in [0.4, 0.5) is 26.3 Å². The predicted octanol–water partition coefficient (Wildman–Crippen LogP) is 1.31. The highest BCUT2D eigenvalue weighted by atomic mass is 32.2. The Morgan fingerprint density at radius 3 is 2.00 bits per heavy atom. The third-order valence-corrected chi connectivity index (χ3v) is 3.55. The first kappa shape index (κ1) is 16.7. The van der Waals surface area contributed by atoms with Gasteiger partial charge in [0.15, 0.2) is 11.0 Å². The molecule has 11 heteroatoms. The molecule has 1 aromatic rings. The minimum absolute atomic E-state index is 0.0534. The van der Waals surface area contributed by atoms with Gasteiger partial charge in [0, 0.05) is 18.7 Å². The first-order chi connectivity index (χ1) is 8.95. The van der Waals surface area contributed by atoms with Gasteiger partial charge in [0.1, 0.15) is 17.5 Å². The van der Waals surface area contributed by atoms with Crippen molar-refractivity contribution in [3.63, 3.8) is 0 Å². The molecule has 0 heterocycles. The Labute approximate surface area is 109 Å². The van der Waals surface area contributed by atoms with Crippen molar-refractivity contribution in [2.45, 2.75) is 17.2 Å². The number of alkyl halides is 3. The predicted molar refractivity (Wildman–Crippen MR) is 53.6 cm³/mol. The number of benzene rings is 1. The van der Waals surface area contributed by atoms with Gasteiger partial charge in [-0.2, -0.15) is 13.2 Å². The third-order valence-electron chi connectivity index (χ3n) is 2.08. The number of rotatable bonds is 4. The van der Waals surface area contributed by atoms with Gasteiger partial charge < -0.3 is 5.11 Å². The van der Waals surface area contributed by atoms with Gasteiger partial charge >= 0.3 is 6.18 Å². The first-order valence-corrected chi connectivity index (χ1v) is 6.32. The quantitative estimate of drug-likeness (QED) is 0.821. The Kier molecular flexibility index (Phi) is 4.66. The molecule has 1 aromatic carbocycles. The smallest absolute Gasteiger partial charge is 0.382 e. The van der Waals surface area contributed by atoms with Crippen molar-refractivity contribution in [1.29, 1.82) is 0 Å². The van der Waals surface area contributed by atoms with E-state index in [0.29, 0.717) is 0 Å². The fourth-order valence-electron chi connectivity index (χ4n) is 1.16. The number of sulfonamides is 1. The number of hydrogen-bond donors (Lipinski definition) is 2. The van der Waals surface area contributed by atoms with Crippen LogP contribution in [-0.2, 0) is 10.0 Å². The zero-order valence-electron chi connectivity index (χ0n) is 9.38. The van der Waals surface area contributed by atoms with Gasteiger partial charge in [-0.05, 0) is 0 Å². The van der Waals surface area contributed by atoms with Crippen molar-refractivity contribution in [3.8, 4) is 0 Å². The highest BCUT2D eigenvalue weighted by molar-refractivity contribution is 7.89. The second kappa shape index (κ2) is 5.58. The zero-order chi connectivity index (χ0) is 15.7. The molecule has 0 aliphatic carbocycles. The molecule has 0 amide bonds. The molecule has 0 aliphatic heterocycles. The van der Waals surface area contributed by atoms with Crippen molar-refractivity contribution < 1.29 is 39.9 Å². The summed E-state index contributed by atoms with van der Waals surface area (Å²) in [6, 6.07) is 0.107. The van der Waals surface area contributed by atoms with Gasteiger partial charge in [0.25, 0.3) is 0 Å². The Morgan fingerprint density at radius 2 is 1.60 bits per heavy atom. The fourth-order valence-corrected chi connectivity index (χ4v) is 2.32. The van der Waals surface area contributed by atoms with E-state index >= 15 is 0 Å². The zero-order valence-corrected chi connectivity index (χ0v) is 10.2. The molecule has 0 saturated heterocycles. The Balaban J connectivity index is 3.02. The Hall–Kier alpha value is -1.33. The summed E-state index contributed by atoms with van der Waals surface area (Å²) in [5.41, 5.74) is 0. The number of aliphatic hydroxyl groups excluding tert-OH is 1. The molecule has 4 nitrogen and oxygen atoms in total. The molecular formula is C9H7F6NO3S. The van der Waals surface area contributed by atoms with Crippen LogP contribution >= 0.6 is 0 Å². The van der Waals surface area contributed by atoms with Gasteiger partial charge in [0.2, 0.25) is 10.0 Å². The van der Waals surface area contributed by atoms with E-state index < -0.39 is 51.2 Å². The minimum Gasteiger partial charge on any atom is -0.382 e. The standard InChI is InChI=1S/C9H7F6NO3S/c10-4-1-5(11)8(6(12)2-4)20(18,19)16-3-7(17)9(13,14)15/h1-2,7,16-17H,3H2. The van der Waals surface area contributed by atoms with Crippen LogP contribution in [0, 0.1) is 17.5 Å². The average molecular weight is 323 g/mol. The van der Waals surface area contributed by atoms with Crippen molar-refractivity contribution in [1.82, 2.24) is 4.72 Å². The van der Waals surface area contributed by atoms with Gasteiger partial charge in [-0.3, -0.25) is 0 Å². The van der Waals surface area contributed by atoms with Crippen LogP contribution in [0.2, 0.25) is 0 Å². The van der Waals surface area contributed by atoms with E-state index in [1.165, 1.54) is 4.72 Å². The van der Waals surface area contributed by atoms with Gasteiger partial charge in [-0.15, -0.1) is 0 Å². The van der Waals surface area contributed by atoms with E-state index in [1.54, 1.807) is 0 Å². The highest BCUT2D eigenvalue weighted by Gasteiger charge is 2.39. The number of nitrogens with one attached hydrogen (secondary N) is 1. The SMILES string of the molecule is O=S(=O)(NCC(O)C(F)(F)F)c1c(F)cc(F)cc1F. The summed E-state index contributed by atoms with van der Waals surface area (Å²) >= 11 is 0. The van der Waals surface area contributed by atoms with Gasteiger partial charge in [0.05, 0.1) is 0 Å². The molecule has 0 aromatic heterocycles. The van der Waals surface area contributed by atoms with E-state index in [4.69, 9.17) is 5.11 Å². The molecule has 1 rings (SSSR count). The van der Waals surface area contributed by atoms with Crippen molar-refractivity contribution in [2.75, 3.05) is 6.54 Å². The molecule has 0 aliphatic rings. The van der Waals surface area contributed by atoms with Crippen LogP contribution in [0.25, 0.3) is 0 Å². The van der Waals surface area contributed by atoms with E-state index in [0.717, 1.165) is 0 Å². The summed E-state index contributed by atoms with van der Waals surface area (Å²) in [7, 11) is -5.02. The molecule has 1 atom stereocenters. The largest absolute Gasteiger partial charge is 0.415 e. The summed E-state index contributed by atoms with van der Waals surface area (Å²) in [6.45, 7) is -1.54. The molecule has 0 fully saturated rings. The molecule has 2 N–H and O–H groups in total. The van der Waals surface area contributed by atoms with E-state index in [2.05, 4.69) is 0 Å². The van der Waals surface area contributed by atoms with Crippen molar-refractivity contribution >= 4 is 10.0 Å². The summed E-state index contributed by atoms with van der Waals surface area (Å²) in [4.78, 5) is -1.63. The maximum atomic E-state index is 13.2. The molecule has 0 saturated carbocycles. The lowest BCUT2D eigenvalue weighted by Crippen LogP contribution is -2.41.